The number of rotatable bonds is 6. The number of carbonyl (C=O) groups is 1. The van der Waals surface area contributed by atoms with Gasteiger partial charge < -0.3 is 15.7 Å². The monoisotopic (exact) mass is 427 g/mol. The van der Waals surface area contributed by atoms with Gasteiger partial charge >= 0.3 is 0 Å². The predicted molar refractivity (Wildman–Crippen MR) is 112 cm³/mol. The second-order valence-corrected chi connectivity index (χ2v) is 7.58. The quantitative estimate of drug-likeness (QED) is 0.684. The molecule has 162 valence electrons. The van der Waals surface area contributed by atoms with Gasteiger partial charge in [0, 0.05) is 43.5 Å². The number of hydrogen-bond acceptors (Lipinski definition) is 6. The SMILES string of the molecule is CN1C(=O)[C@](c2cccc(-c3cccnc3F)c2)(C2C=C(CO)N(CCF)C2)N=C1N. The lowest BCUT2D eigenvalue weighted by molar-refractivity contribution is -0.132. The number of hydrogen-bond donors (Lipinski definition) is 2. The Balaban J connectivity index is 1.85. The van der Waals surface area contributed by atoms with Crippen LogP contribution < -0.4 is 5.73 Å². The number of aliphatic hydroxyl groups excluding tert-OH is 1. The third-order valence-electron chi connectivity index (χ3n) is 5.91. The maximum absolute atomic E-state index is 14.3. The van der Waals surface area contributed by atoms with Crippen molar-refractivity contribution in [2.75, 3.05) is 33.4 Å². The van der Waals surface area contributed by atoms with Gasteiger partial charge in [-0.15, -0.1) is 0 Å². The van der Waals surface area contributed by atoms with Crippen molar-refractivity contribution in [3.8, 4) is 11.1 Å². The number of alkyl halides is 1. The standard InChI is InChI=1S/C22H23F2N5O2/c1-28-20(31)22(27-21(28)25,16-11-17(13-30)29(12-16)9-7-23)15-5-2-4-14(10-15)18-6-3-8-26-19(18)24/h2-6,8,10-11,16,30H,7,9,12-13H2,1H3,(H2,25,27)/t16?,22-/m0/s1. The van der Waals surface area contributed by atoms with Crippen molar-refractivity contribution in [2.24, 2.45) is 16.6 Å². The van der Waals surface area contributed by atoms with E-state index in [1.54, 1.807) is 54.4 Å². The van der Waals surface area contributed by atoms with E-state index >= 15 is 0 Å². The zero-order chi connectivity index (χ0) is 22.2. The Morgan fingerprint density at radius 1 is 1.32 bits per heavy atom. The van der Waals surface area contributed by atoms with Crippen LogP contribution >= 0.6 is 0 Å². The van der Waals surface area contributed by atoms with E-state index in [4.69, 9.17) is 5.73 Å². The number of aliphatic imine (C=N–C) groups is 1. The zero-order valence-corrected chi connectivity index (χ0v) is 17.0. The topological polar surface area (TPSA) is 95.0 Å². The second kappa shape index (κ2) is 8.07. The van der Waals surface area contributed by atoms with Crippen molar-refractivity contribution in [2.45, 2.75) is 5.54 Å². The van der Waals surface area contributed by atoms with E-state index in [1.807, 2.05) is 0 Å². The maximum Gasteiger partial charge on any atom is 0.262 e. The largest absolute Gasteiger partial charge is 0.390 e. The van der Waals surface area contributed by atoms with E-state index in [2.05, 4.69) is 9.98 Å². The van der Waals surface area contributed by atoms with E-state index in [1.165, 1.54) is 11.1 Å². The van der Waals surface area contributed by atoms with Gasteiger partial charge in [-0.2, -0.15) is 4.39 Å². The highest BCUT2D eigenvalue weighted by Gasteiger charge is 2.54. The number of aliphatic hydroxyl groups is 1. The Kier molecular flexibility index (Phi) is 5.45. The summed E-state index contributed by atoms with van der Waals surface area (Å²) in [6.07, 6.45) is 3.12. The number of guanidine groups is 1. The fraction of sp³-hybridized carbons (Fsp3) is 0.318. The molecule has 9 heteroatoms. The van der Waals surface area contributed by atoms with Gasteiger partial charge in [-0.1, -0.05) is 24.3 Å². The number of nitrogens with zero attached hydrogens (tertiary/aromatic N) is 4. The molecule has 7 nitrogen and oxygen atoms in total. The first-order valence-electron chi connectivity index (χ1n) is 9.89. The van der Waals surface area contributed by atoms with Crippen molar-refractivity contribution >= 4 is 11.9 Å². The molecule has 2 aliphatic heterocycles. The first-order valence-corrected chi connectivity index (χ1v) is 9.89. The Hall–Kier alpha value is -3.33. The number of nitrogens with two attached hydrogens (primary N) is 1. The lowest BCUT2D eigenvalue weighted by Gasteiger charge is -2.32. The van der Waals surface area contributed by atoms with Crippen LogP contribution in [0, 0.1) is 11.9 Å². The molecular weight excluding hydrogens is 404 g/mol. The average molecular weight is 427 g/mol. The molecule has 0 spiro atoms. The molecule has 0 saturated carbocycles. The Morgan fingerprint density at radius 2 is 2.13 bits per heavy atom. The van der Waals surface area contributed by atoms with Gasteiger partial charge in [0.25, 0.3) is 5.91 Å². The molecule has 0 radical (unpaired) electrons. The van der Waals surface area contributed by atoms with E-state index in [9.17, 15) is 18.7 Å². The summed E-state index contributed by atoms with van der Waals surface area (Å²) in [5.74, 6) is -1.39. The fourth-order valence-corrected chi connectivity index (χ4v) is 4.32. The van der Waals surface area contributed by atoms with Crippen molar-refractivity contribution < 1.29 is 18.7 Å². The predicted octanol–water partition coefficient (Wildman–Crippen LogP) is 1.65. The van der Waals surface area contributed by atoms with Crippen molar-refractivity contribution in [1.29, 1.82) is 0 Å². The van der Waals surface area contributed by atoms with E-state index < -0.39 is 24.1 Å². The number of amides is 1. The molecule has 0 saturated heterocycles. The molecule has 0 bridgehead atoms. The molecule has 3 heterocycles. The van der Waals surface area contributed by atoms with Crippen LogP contribution in [0.25, 0.3) is 11.1 Å². The fourth-order valence-electron chi connectivity index (χ4n) is 4.32. The van der Waals surface area contributed by atoms with Crippen LogP contribution in [0.3, 0.4) is 0 Å². The minimum absolute atomic E-state index is 0.0610. The molecule has 0 fully saturated rings. The summed E-state index contributed by atoms with van der Waals surface area (Å²) in [7, 11) is 1.54. The maximum atomic E-state index is 14.3. The van der Waals surface area contributed by atoms with Gasteiger partial charge in [-0.05, 0) is 29.3 Å². The molecular formula is C22H23F2N5O2. The molecule has 2 aliphatic rings. The average Bonchev–Trinajstić information content (AvgIpc) is 3.29. The minimum atomic E-state index is -1.40. The highest BCUT2D eigenvalue weighted by molar-refractivity contribution is 6.07. The highest BCUT2D eigenvalue weighted by atomic mass is 19.1. The normalized spacial score (nSPS) is 23.4. The summed E-state index contributed by atoms with van der Waals surface area (Å²) in [6, 6.07) is 10.1. The van der Waals surface area contributed by atoms with E-state index in [-0.39, 0.29) is 25.0 Å². The smallest absolute Gasteiger partial charge is 0.262 e. The molecule has 1 aromatic heterocycles. The Labute approximate surface area is 178 Å². The van der Waals surface area contributed by atoms with Crippen molar-refractivity contribution in [3.63, 3.8) is 0 Å². The van der Waals surface area contributed by atoms with E-state index in [0.29, 0.717) is 28.9 Å². The lowest BCUT2D eigenvalue weighted by atomic mass is 9.77. The summed E-state index contributed by atoms with van der Waals surface area (Å²) in [6.45, 7) is -0.479. The zero-order valence-electron chi connectivity index (χ0n) is 17.0. The molecule has 3 N–H and O–H groups in total. The Bertz CT molecular complexity index is 1070. The van der Waals surface area contributed by atoms with Crippen LogP contribution in [0.4, 0.5) is 8.78 Å². The minimum Gasteiger partial charge on any atom is -0.390 e. The number of aromatic nitrogens is 1. The molecule has 4 rings (SSSR count). The summed E-state index contributed by atoms with van der Waals surface area (Å²) in [5, 5.41) is 9.73. The molecule has 2 aromatic rings. The van der Waals surface area contributed by atoms with Gasteiger partial charge in [0.15, 0.2) is 11.5 Å². The molecule has 1 aromatic carbocycles. The highest BCUT2D eigenvalue weighted by Crippen LogP contribution is 2.44. The Morgan fingerprint density at radius 3 is 2.77 bits per heavy atom. The summed E-state index contributed by atoms with van der Waals surface area (Å²) in [4.78, 5) is 24.7. The van der Waals surface area contributed by atoms with Crippen LogP contribution in [0.15, 0.2) is 59.4 Å². The first-order chi connectivity index (χ1) is 14.9. The number of benzene rings is 1. The van der Waals surface area contributed by atoms with Gasteiger partial charge in [0.1, 0.15) is 6.67 Å². The number of pyridine rings is 1. The molecule has 2 atom stereocenters. The number of halogens is 2. The van der Waals surface area contributed by atoms with Gasteiger partial charge in [0.2, 0.25) is 5.95 Å². The van der Waals surface area contributed by atoms with Gasteiger partial charge in [-0.3, -0.25) is 9.69 Å². The van der Waals surface area contributed by atoms with Crippen molar-refractivity contribution in [3.05, 3.63) is 65.9 Å². The number of likely N-dealkylation sites (N-methyl/N-ethyl adjacent to an activating group) is 1. The van der Waals surface area contributed by atoms with E-state index in [0.717, 1.165) is 0 Å². The van der Waals surface area contributed by atoms with Crippen LogP contribution in [0.1, 0.15) is 5.56 Å². The molecule has 1 amide bonds. The summed E-state index contributed by atoms with van der Waals surface area (Å²) in [5.41, 5.74) is 6.53. The summed E-state index contributed by atoms with van der Waals surface area (Å²) < 4.78 is 27.3. The van der Waals surface area contributed by atoms with Crippen LogP contribution in [-0.4, -0.2) is 65.2 Å². The van der Waals surface area contributed by atoms with Gasteiger partial charge in [0.05, 0.1) is 6.61 Å². The molecule has 0 aliphatic carbocycles. The lowest BCUT2D eigenvalue weighted by Crippen LogP contribution is -2.46. The van der Waals surface area contributed by atoms with Crippen molar-refractivity contribution in [1.82, 2.24) is 14.8 Å². The van der Waals surface area contributed by atoms with Crippen LogP contribution in [-0.2, 0) is 10.3 Å². The first kappa shape index (κ1) is 20.9. The molecule has 1 unspecified atom stereocenters. The second-order valence-electron chi connectivity index (χ2n) is 7.58. The van der Waals surface area contributed by atoms with Gasteiger partial charge in [-0.25, -0.2) is 14.4 Å². The van der Waals surface area contributed by atoms with Crippen LogP contribution in [0.5, 0.6) is 0 Å². The third-order valence-corrected chi connectivity index (χ3v) is 5.91. The third kappa shape index (κ3) is 3.34. The van der Waals surface area contributed by atoms with Crippen LogP contribution in [0.2, 0.25) is 0 Å². The number of carbonyl (C=O) groups excluding carboxylic acids is 1. The summed E-state index contributed by atoms with van der Waals surface area (Å²) >= 11 is 0. The molecule has 31 heavy (non-hydrogen) atoms.